The molecule has 3 aromatic rings. The molecule has 5 nitrogen and oxygen atoms in total. The van der Waals surface area contributed by atoms with Crippen molar-refractivity contribution >= 4 is 11.6 Å². The summed E-state index contributed by atoms with van der Waals surface area (Å²) >= 11 is 0. The number of carbonyl (C=O) groups excluding carboxylic acids is 1. The Morgan fingerprint density at radius 2 is 1.55 bits per heavy atom. The first kappa shape index (κ1) is 20.9. The first-order chi connectivity index (χ1) is 15.1. The molecular weight excluding hydrogens is 397 g/mol. The lowest BCUT2D eigenvalue weighted by molar-refractivity contribution is -0.139. The van der Waals surface area contributed by atoms with Crippen LogP contribution in [-0.2, 0) is 9.53 Å². The zero-order valence-electron chi connectivity index (χ0n) is 17.4. The van der Waals surface area contributed by atoms with Gasteiger partial charge in [0.25, 0.3) is 0 Å². The number of halogens is 1. The number of para-hydroxylation sites is 1. The van der Waals surface area contributed by atoms with Crippen LogP contribution in [0.4, 0.5) is 10.1 Å². The number of benzene rings is 3. The predicted molar refractivity (Wildman–Crippen MR) is 116 cm³/mol. The van der Waals surface area contributed by atoms with Crippen LogP contribution in [0.1, 0.15) is 11.6 Å². The number of β-lactam (4-membered cyclic amide) rings is 1. The molecule has 160 valence electrons. The van der Waals surface area contributed by atoms with Crippen LogP contribution in [0.3, 0.4) is 0 Å². The molecule has 3 atom stereocenters. The van der Waals surface area contributed by atoms with E-state index in [0.717, 1.165) is 17.0 Å². The lowest BCUT2D eigenvalue weighted by atomic mass is 9.78. The van der Waals surface area contributed by atoms with Gasteiger partial charge in [-0.05, 0) is 54.1 Å². The van der Waals surface area contributed by atoms with E-state index >= 15 is 0 Å². The first-order valence-electron chi connectivity index (χ1n) is 10.1. The largest absolute Gasteiger partial charge is 0.497 e. The molecule has 31 heavy (non-hydrogen) atoms. The van der Waals surface area contributed by atoms with Crippen molar-refractivity contribution in [2.45, 2.75) is 12.1 Å². The topological polar surface area (TPSA) is 48.0 Å². The second-order valence-corrected chi connectivity index (χ2v) is 7.33. The minimum Gasteiger partial charge on any atom is -0.497 e. The molecule has 6 heteroatoms. The van der Waals surface area contributed by atoms with E-state index in [2.05, 4.69) is 0 Å². The van der Waals surface area contributed by atoms with Crippen molar-refractivity contribution in [1.82, 2.24) is 0 Å². The molecule has 1 saturated heterocycles. The van der Waals surface area contributed by atoms with Gasteiger partial charge in [0.15, 0.2) is 0 Å². The third kappa shape index (κ3) is 4.25. The Labute approximate surface area is 181 Å². The van der Waals surface area contributed by atoms with Crippen LogP contribution in [0.25, 0.3) is 0 Å². The Bertz CT molecular complexity index is 1010. The van der Waals surface area contributed by atoms with Crippen molar-refractivity contribution in [2.75, 3.05) is 25.7 Å². The predicted octanol–water partition coefficient (Wildman–Crippen LogP) is 4.63. The third-order valence-electron chi connectivity index (χ3n) is 5.56. The smallest absolute Gasteiger partial charge is 0.235 e. The zero-order valence-corrected chi connectivity index (χ0v) is 17.4. The molecule has 2 unspecified atom stereocenters. The number of amides is 1. The monoisotopic (exact) mass is 421 g/mol. The fourth-order valence-electron chi connectivity index (χ4n) is 3.93. The van der Waals surface area contributed by atoms with Crippen LogP contribution in [0.5, 0.6) is 11.5 Å². The van der Waals surface area contributed by atoms with Crippen molar-refractivity contribution in [3.05, 3.63) is 90.2 Å². The number of methoxy groups -OCH3 is 2. The molecule has 0 aliphatic carbocycles. The molecule has 1 aliphatic heterocycles. The number of rotatable bonds is 8. The maximum absolute atomic E-state index is 13.2. The van der Waals surface area contributed by atoms with Crippen LogP contribution >= 0.6 is 0 Å². The first-order valence-corrected chi connectivity index (χ1v) is 10.1. The number of carbonyl (C=O) groups is 1. The molecule has 1 heterocycles. The molecule has 3 aromatic carbocycles. The van der Waals surface area contributed by atoms with Gasteiger partial charge in [-0.1, -0.05) is 30.3 Å². The van der Waals surface area contributed by atoms with E-state index in [-0.39, 0.29) is 24.4 Å². The van der Waals surface area contributed by atoms with Crippen LogP contribution in [0, 0.1) is 11.7 Å². The van der Waals surface area contributed by atoms with Gasteiger partial charge in [0.2, 0.25) is 5.91 Å². The Kier molecular flexibility index (Phi) is 6.18. The summed E-state index contributed by atoms with van der Waals surface area (Å²) in [5, 5.41) is 0. The Hall–Kier alpha value is -3.38. The summed E-state index contributed by atoms with van der Waals surface area (Å²) in [6.07, 6.45) is -0.468. The van der Waals surface area contributed by atoms with Gasteiger partial charge in [-0.15, -0.1) is 0 Å². The summed E-state index contributed by atoms with van der Waals surface area (Å²) in [6.45, 7) is 0.174. The van der Waals surface area contributed by atoms with Crippen molar-refractivity contribution in [2.24, 2.45) is 5.92 Å². The van der Waals surface area contributed by atoms with E-state index in [0.29, 0.717) is 5.75 Å². The highest BCUT2D eigenvalue weighted by Crippen LogP contribution is 2.46. The second kappa shape index (κ2) is 9.18. The fourth-order valence-corrected chi connectivity index (χ4v) is 3.93. The summed E-state index contributed by atoms with van der Waals surface area (Å²) < 4.78 is 29.9. The summed E-state index contributed by atoms with van der Waals surface area (Å²) in [5.41, 5.74) is 1.82. The lowest BCUT2D eigenvalue weighted by Gasteiger charge is -2.49. The van der Waals surface area contributed by atoms with Crippen LogP contribution in [0.15, 0.2) is 78.9 Å². The van der Waals surface area contributed by atoms with E-state index in [1.54, 1.807) is 31.3 Å². The quantitative estimate of drug-likeness (QED) is 0.498. The molecule has 1 amide bonds. The minimum atomic E-state index is -0.468. The number of nitrogens with zero attached hydrogens (tertiary/aromatic N) is 1. The highest BCUT2D eigenvalue weighted by atomic mass is 19.1. The number of ether oxygens (including phenoxy) is 3. The molecule has 0 aromatic heterocycles. The molecule has 0 bridgehead atoms. The van der Waals surface area contributed by atoms with E-state index in [1.807, 2.05) is 54.6 Å². The highest BCUT2D eigenvalue weighted by Gasteiger charge is 2.53. The lowest BCUT2D eigenvalue weighted by Crippen LogP contribution is -2.60. The number of hydrogen-bond acceptors (Lipinski definition) is 4. The highest BCUT2D eigenvalue weighted by molar-refractivity contribution is 6.03. The van der Waals surface area contributed by atoms with Gasteiger partial charge >= 0.3 is 0 Å². The second-order valence-electron chi connectivity index (χ2n) is 7.33. The van der Waals surface area contributed by atoms with Crippen molar-refractivity contribution < 1.29 is 23.4 Å². The van der Waals surface area contributed by atoms with Gasteiger partial charge in [-0.2, -0.15) is 0 Å². The summed E-state index contributed by atoms with van der Waals surface area (Å²) in [7, 11) is 3.19. The van der Waals surface area contributed by atoms with E-state index in [1.165, 1.54) is 12.1 Å². The number of anilines is 1. The fraction of sp³-hybridized carbons (Fsp3) is 0.240. The number of hydrogen-bond donors (Lipinski definition) is 0. The van der Waals surface area contributed by atoms with E-state index in [4.69, 9.17) is 14.2 Å². The minimum absolute atomic E-state index is 0.0263. The third-order valence-corrected chi connectivity index (χ3v) is 5.56. The maximum atomic E-state index is 13.2. The van der Waals surface area contributed by atoms with Gasteiger partial charge in [0, 0.05) is 12.8 Å². The van der Waals surface area contributed by atoms with Crippen molar-refractivity contribution in [3.63, 3.8) is 0 Å². The SMILES string of the molecule is COc1ccc(C2C([C@@H](COc3ccc(F)cc3)OC)C(=O)N2c2ccccc2)cc1. The molecular formula is C25H24FNO4. The molecule has 1 fully saturated rings. The van der Waals surface area contributed by atoms with Crippen molar-refractivity contribution in [1.29, 1.82) is 0 Å². The molecule has 1 aliphatic rings. The van der Waals surface area contributed by atoms with Crippen LogP contribution in [-0.4, -0.2) is 32.8 Å². The standard InChI is InChI=1S/C25H24FNO4/c1-29-20-12-8-17(9-13-20)24-23(25(28)27(24)19-6-4-3-5-7-19)22(30-2)16-31-21-14-10-18(26)11-15-21/h3-15,22-24H,16H2,1-2H3/t22-,23?,24?/m1/s1. The molecule has 0 N–H and O–H groups in total. The summed E-state index contributed by atoms with van der Waals surface area (Å²) in [6, 6.07) is 22.9. The average molecular weight is 421 g/mol. The van der Waals surface area contributed by atoms with Crippen molar-refractivity contribution in [3.8, 4) is 11.5 Å². The van der Waals surface area contributed by atoms with Crippen LogP contribution in [0.2, 0.25) is 0 Å². The molecule has 0 spiro atoms. The maximum Gasteiger partial charge on any atom is 0.235 e. The average Bonchev–Trinajstić information content (AvgIpc) is 2.81. The Morgan fingerprint density at radius 3 is 2.16 bits per heavy atom. The normalized spacial score (nSPS) is 18.9. The van der Waals surface area contributed by atoms with Gasteiger partial charge in [-0.25, -0.2) is 4.39 Å². The van der Waals surface area contributed by atoms with Gasteiger partial charge < -0.3 is 19.1 Å². The van der Waals surface area contributed by atoms with E-state index < -0.39 is 12.0 Å². The van der Waals surface area contributed by atoms with Gasteiger partial charge in [0.1, 0.15) is 30.0 Å². The van der Waals surface area contributed by atoms with Gasteiger partial charge in [0.05, 0.1) is 19.1 Å². The zero-order chi connectivity index (χ0) is 21.8. The molecule has 0 saturated carbocycles. The summed E-state index contributed by atoms with van der Waals surface area (Å²) in [4.78, 5) is 15.0. The Balaban J connectivity index is 1.60. The molecule has 4 rings (SSSR count). The summed E-state index contributed by atoms with van der Waals surface area (Å²) in [5.74, 6) is 0.500. The Morgan fingerprint density at radius 1 is 0.903 bits per heavy atom. The van der Waals surface area contributed by atoms with Crippen LogP contribution < -0.4 is 14.4 Å². The molecule has 0 radical (unpaired) electrons. The van der Waals surface area contributed by atoms with E-state index in [9.17, 15) is 9.18 Å². The van der Waals surface area contributed by atoms with Gasteiger partial charge in [-0.3, -0.25) is 4.79 Å².